The Balaban J connectivity index is 1.96. The standard InChI is InChI=1S/C24H26N2O4S/c1-4-30-24(27)20-12-15-22(25-18(3)19-8-6-5-7-9-19)23(16-20)26-31(28,29)21-13-10-17(2)11-14-21/h5-16,18,25-26H,4H2,1-3H3. The molecule has 0 aromatic heterocycles. The van der Waals surface area contributed by atoms with E-state index in [1.165, 1.54) is 6.07 Å². The summed E-state index contributed by atoms with van der Waals surface area (Å²) in [5, 5.41) is 3.33. The number of esters is 1. The summed E-state index contributed by atoms with van der Waals surface area (Å²) in [5.41, 5.74) is 3.10. The monoisotopic (exact) mass is 438 g/mol. The first-order valence-electron chi connectivity index (χ1n) is 10.0. The molecule has 3 rings (SSSR count). The molecule has 0 amide bonds. The van der Waals surface area contributed by atoms with Crippen LogP contribution in [0.15, 0.2) is 77.7 Å². The van der Waals surface area contributed by atoms with Crippen molar-refractivity contribution in [1.82, 2.24) is 0 Å². The van der Waals surface area contributed by atoms with Gasteiger partial charge in [0.25, 0.3) is 10.0 Å². The van der Waals surface area contributed by atoms with Crippen LogP contribution < -0.4 is 10.0 Å². The fraction of sp³-hybridized carbons (Fsp3) is 0.208. The Morgan fingerprint density at radius 2 is 1.65 bits per heavy atom. The molecule has 0 bridgehead atoms. The lowest BCUT2D eigenvalue weighted by Crippen LogP contribution is -2.16. The molecule has 0 aliphatic carbocycles. The summed E-state index contributed by atoms with van der Waals surface area (Å²) >= 11 is 0. The lowest BCUT2D eigenvalue weighted by atomic mass is 10.1. The minimum Gasteiger partial charge on any atom is -0.462 e. The molecule has 3 aromatic rings. The van der Waals surface area contributed by atoms with Gasteiger partial charge in [-0.1, -0.05) is 48.0 Å². The van der Waals surface area contributed by atoms with Crippen LogP contribution in [0.25, 0.3) is 0 Å². The van der Waals surface area contributed by atoms with Gasteiger partial charge < -0.3 is 10.1 Å². The summed E-state index contributed by atoms with van der Waals surface area (Å²) < 4.78 is 33.6. The molecule has 2 N–H and O–H groups in total. The van der Waals surface area contributed by atoms with Crippen LogP contribution in [0.5, 0.6) is 0 Å². The second-order valence-corrected chi connectivity index (χ2v) is 8.86. The highest BCUT2D eigenvalue weighted by molar-refractivity contribution is 7.92. The second-order valence-electron chi connectivity index (χ2n) is 7.18. The van der Waals surface area contributed by atoms with Crippen LogP contribution in [0, 0.1) is 6.92 Å². The molecule has 0 saturated carbocycles. The summed E-state index contributed by atoms with van der Waals surface area (Å²) in [7, 11) is -3.85. The fourth-order valence-electron chi connectivity index (χ4n) is 3.08. The van der Waals surface area contributed by atoms with Crippen molar-refractivity contribution in [3.8, 4) is 0 Å². The first kappa shape index (κ1) is 22.4. The first-order chi connectivity index (χ1) is 14.8. The summed E-state index contributed by atoms with van der Waals surface area (Å²) in [6.07, 6.45) is 0. The highest BCUT2D eigenvalue weighted by Crippen LogP contribution is 2.30. The lowest BCUT2D eigenvalue weighted by Gasteiger charge is -2.20. The van der Waals surface area contributed by atoms with Gasteiger partial charge in [-0.15, -0.1) is 0 Å². The zero-order chi connectivity index (χ0) is 22.4. The van der Waals surface area contributed by atoms with Gasteiger partial charge in [0.2, 0.25) is 0 Å². The summed E-state index contributed by atoms with van der Waals surface area (Å²) in [6.45, 7) is 5.82. The molecule has 1 unspecified atom stereocenters. The molecular weight excluding hydrogens is 412 g/mol. The van der Waals surface area contributed by atoms with E-state index >= 15 is 0 Å². The first-order valence-corrected chi connectivity index (χ1v) is 11.5. The predicted molar refractivity (Wildman–Crippen MR) is 123 cm³/mol. The quantitative estimate of drug-likeness (QED) is 0.476. The van der Waals surface area contributed by atoms with Crippen molar-refractivity contribution in [2.45, 2.75) is 31.7 Å². The van der Waals surface area contributed by atoms with Crippen molar-refractivity contribution < 1.29 is 17.9 Å². The molecule has 0 aliphatic rings. The van der Waals surface area contributed by atoms with Crippen molar-refractivity contribution in [2.24, 2.45) is 0 Å². The van der Waals surface area contributed by atoms with Gasteiger partial charge in [0.15, 0.2) is 0 Å². The zero-order valence-corrected chi connectivity index (χ0v) is 18.6. The number of carbonyl (C=O) groups is 1. The second kappa shape index (κ2) is 9.66. The summed E-state index contributed by atoms with van der Waals surface area (Å²) in [6, 6.07) is 21.1. The number of rotatable bonds is 8. The Kier molecular flexibility index (Phi) is 6.97. The molecule has 0 radical (unpaired) electrons. The van der Waals surface area contributed by atoms with Gasteiger partial charge in [-0.05, 0) is 56.7 Å². The normalized spacial score (nSPS) is 12.1. The maximum atomic E-state index is 13.0. The molecule has 7 heteroatoms. The van der Waals surface area contributed by atoms with E-state index in [0.29, 0.717) is 5.69 Å². The van der Waals surface area contributed by atoms with Gasteiger partial charge in [-0.3, -0.25) is 4.72 Å². The van der Waals surface area contributed by atoms with E-state index in [1.807, 2.05) is 44.2 Å². The van der Waals surface area contributed by atoms with Crippen molar-refractivity contribution >= 4 is 27.4 Å². The Labute approximate surface area is 183 Å². The van der Waals surface area contributed by atoms with Crippen molar-refractivity contribution in [2.75, 3.05) is 16.6 Å². The third kappa shape index (κ3) is 5.64. The maximum Gasteiger partial charge on any atom is 0.338 e. The summed E-state index contributed by atoms with van der Waals surface area (Å²) in [5.74, 6) is -0.513. The van der Waals surface area contributed by atoms with Crippen molar-refractivity contribution in [1.29, 1.82) is 0 Å². The van der Waals surface area contributed by atoms with Crippen LogP contribution in [0.4, 0.5) is 11.4 Å². The van der Waals surface area contributed by atoms with E-state index in [1.54, 1.807) is 43.3 Å². The molecule has 6 nitrogen and oxygen atoms in total. The smallest absolute Gasteiger partial charge is 0.338 e. The Morgan fingerprint density at radius 1 is 0.968 bits per heavy atom. The number of carbonyl (C=O) groups excluding carboxylic acids is 1. The fourth-order valence-corrected chi connectivity index (χ4v) is 4.15. The summed E-state index contributed by atoms with van der Waals surface area (Å²) in [4.78, 5) is 12.3. The van der Waals surface area contributed by atoms with Gasteiger partial charge >= 0.3 is 5.97 Å². The molecule has 0 heterocycles. The van der Waals surface area contributed by atoms with Gasteiger partial charge in [0.1, 0.15) is 0 Å². The number of anilines is 2. The Hall–Kier alpha value is -3.32. The van der Waals surface area contributed by atoms with Crippen LogP contribution in [-0.2, 0) is 14.8 Å². The van der Waals surface area contributed by atoms with E-state index in [-0.39, 0.29) is 28.8 Å². The van der Waals surface area contributed by atoms with Crippen LogP contribution in [0.3, 0.4) is 0 Å². The van der Waals surface area contributed by atoms with Gasteiger partial charge in [-0.2, -0.15) is 0 Å². The minimum atomic E-state index is -3.85. The molecule has 162 valence electrons. The number of aryl methyl sites for hydroxylation is 1. The maximum absolute atomic E-state index is 13.0. The van der Waals surface area contributed by atoms with Crippen molar-refractivity contribution in [3.63, 3.8) is 0 Å². The van der Waals surface area contributed by atoms with Crippen LogP contribution in [0.2, 0.25) is 0 Å². The third-order valence-corrected chi connectivity index (χ3v) is 6.16. The molecule has 1 atom stereocenters. The molecule has 0 spiro atoms. The number of hydrogen-bond donors (Lipinski definition) is 2. The zero-order valence-electron chi connectivity index (χ0n) is 17.8. The molecule has 0 fully saturated rings. The largest absolute Gasteiger partial charge is 0.462 e. The molecular formula is C24H26N2O4S. The molecule has 0 saturated heterocycles. The molecule has 0 aliphatic heterocycles. The number of benzene rings is 3. The van der Waals surface area contributed by atoms with Gasteiger partial charge in [0.05, 0.1) is 28.4 Å². The van der Waals surface area contributed by atoms with Gasteiger partial charge in [0, 0.05) is 6.04 Å². The third-order valence-electron chi connectivity index (χ3n) is 4.78. The van der Waals surface area contributed by atoms with E-state index in [2.05, 4.69) is 10.0 Å². The number of ether oxygens (including phenoxy) is 1. The average molecular weight is 439 g/mol. The predicted octanol–water partition coefficient (Wildman–Crippen LogP) is 5.15. The Morgan fingerprint density at radius 3 is 2.29 bits per heavy atom. The molecule has 31 heavy (non-hydrogen) atoms. The minimum absolute atomic E-state index is 0.0859. The highest BCUT2D eigenvalue weighted by Gasteiger charge is 2.19. The highest BCUT2D eigenvalue weighted by atomic mass is 32.2. The van der Waals surface area contributed by atoms with E-state index in [4.69, 9.17) is 4.74 Å². The van der Waals surface area contributed by atoms with Crippen molar-refractivity contribution in [3.05, 3.63) is 89.5 Å². The SMILES string of the molecule is CCOC(=O)c1ccc(NC(C)c2ccccc2)c(NS(=O)(=O)c2ccc(C)cc2)c1. The lowest BCUT2D eigenvalue weighted by molar-refractivity contribution is 0.0526. The number of nitrogens with one attached hydrogen (secondary N) is 2. The van der Waals surface area contributed by atoms with Crippen LogP contribution in [-0.4, -0.2) is 21.0 Å². The number of hydrogen-bond acceptors (Lipinski definition) is 5. The number of sulfonamides is 1. The topological polar surface area (TPSA) is 84.5 Å². The Bertz CT molecular complexity index is 1140. The van der Waals surface area contributed by atoms with E-state index < -0.39 is 16.0 Å². The van der Waals surface area contributed by atoms with E-state index in [0.717, 1.165) is 11.1 Å². The van der Waals surface area contributed by atoms with Crippen LogP contribution in [0.1, 0.15) is 41.4 Å². The van der Waals surface area contributed by atoms with Gasteiger partial charge in [-0.25, -0.2) is 13.2 Å². The molecule has 3 aromatic carbocycles. The average Bonchev–Trinajstić information content (AvgIpc) is 2.75. The van der Waals surface area contributed by atoms with Crippen LogP contribution >= 0.6 is 0 Å². The van der Waals surface area contributed by atoms with E-state index in [9.17, 15) is 13.2 Å².